The zero-order valence-electron chi connectivity index (χ0n) is 16.2. The molecule has 152 valence electrons. The minimum absolute atomic E-state index is 0.104. The highest BCUT2D eigenvalue weighted by Crippen LogP contribution is 2.28. The molecular weight excluding hydrogens is 348 g/mol. The Morgan fingerprint density at radius 2 is 1.93 bits per heavy atom. The highest BCUT2D eigenvalue weighted by atomic mass is 16.3. The van der Waals surface area contributed by atoms with Gasteiger partial charge in [0.2, 0.25) is 5.91 Å². The molecular formula is C18H32N6O3. The Bertz CT molecular complexity index is 565. The normalized spacial score (nSPS) is 19.1. The van der Waals surface area contributed by atoms with Crippen LogP contribution in [0.2, 0.25) is 0 Å². The van der Waals surface area contributed by atoms with E-state index in [9.17, 15) is 4.79 Å². The number of likely N-dealkylation sites (N-methyl/N-ethyl adjacent to an activating group) is 1. The van der Waals surface area contributed by atoms with Crippen LogP contribution in [0.1, 0.15) is 50.4 Å². The van der Waals surface area contributed by atoms with Crippen molar-refractivity contribution in [1.82, 2.24) is 29.9 Å². The molecule has 2 aliphatic rings. The van der Waals surface area contributed by atoms with E-state index in [0.29, 0.717) is 19.0 Å². The van der Waals surface area contributed by atoms with E-state index in [2.05, 4.69) is 36.9 Å². The van der Waals surface area contributed by atoms with Crippen molar-refractivity contribution in [3.05, 3.63) is 12.2 Å². The summed E-state index contributed by atoms with van der Waals surface area (Å²) in [6, 6.07) is 0.506. The van der Waals surface area contributed by atoms with Crippen molar-refractivity contribution in [2.75, 3.05) is 39.8 Å². The molecule has 1 saturated heterocycles. The van der Waals surface area contributed by atoms with Gasteiger partial charge in [0.15, 0.2) is 5.82 Å². The zero-order chi connectivity index (χ0) is 19.5. The highest BCUT2D eigenvalue weighted by Gasteiger charge is 2.19. The summed E-state index contributed by atoms with van der Waals surface area (Å²) in [6.45, 7) is 5.37. The third-order valence-corrected chi connectivity index (χ3v) is 5.31. The van der Waals surface area contributed by atoms with Crippen LogP contribution in [0.5, 0.6) is 0 Å². The van der Waals surface area contributed by atoms with E-state index < -0.39 is 0 Å². The summed E-state index contributed by atoms with van der Waals surface area (Å²) in [7, 11) is 2.15. The quantitative estimate of drug-likeness (QED) is 0.702. The lowest BCUT2D eigenvalue weighted by Crippen LogP contribution is -2.45. The SMILES string of the molecule is CN1CCN(CCC(=O)NCc2nncn2C2CCCCC2)CC1.O=CO. The van der Waals surface area contributed by atoms with Crippen molar-refractivity contribution in [2.45, 2.75) is 51.1 Å². The molecule has 0 unspecified atom stereocenters. The lowest BCUT2D eigenvalue weighted by atomic mass is 9.95. The highest BCUT2D eigenvalue weighted by molar-refractivity contribution is 5.75. The summed E-state index contributed by atoms with van der Waals surface area (Å²) in [5, 5.41) is 18.2. The van der Waals surface area contributed by atoms with Crippen LogP contribution < -0.4 is 5.32 Å². The van der Waals surface area contributed by atoms with Gasteiger partial charge in [0.25, 0.3) is 6.47 Å². The number of aromatic nitrogens is 3. The van der Waals surface area contributed by atoms with E-state index in [0.717, 1.165) is 38.5 Å². The molecule has 2 fully saturated rings. The summed E-state index contributed by atoms with van der Waals surface area (Å²) in [5.74, 6) is 0.988. The molecule has 1 aromatic heterocycles. The van der Waals surface area contributed by atoms with E-state index in [1.165, 1.54) is 32.1 Å². The van der Waals surface area contributed by atoms with Gasteiger partial charge in [-0.1, -0.05) is 19.3 Å². The molecule has 1 saturated carbocycles. The standard InChI is InChI=1S/C17H30N6O.CH2O2/c1-21-9-11-22(12-10-21)8-7-17(24)18-13-16-20-19-14-23(16)15-5-3-2-4-6-15;2-1-3/h14-15H,2-13H2,1H3,(H,18,24);1H,(H,2,3). The maximum absolute atomic E-state index is 12.1. The second-order valence-electron chi connectivity index (χ2n) is 7.22. The number of piperazine rings is 1. The first-order chi connectivity index (χ1) is 13.1. The average Bonchev–Trinajstić information content (AvgIpc) is 3.16. The summed E-state index contributed by atoms with van der Waals surface area (Å²) >= 11 is 0. The van der Waals surface area contributed by atoms with Crippen LogP contribution in [0, 0.1) is 0 Å². The molecule has 0 atom stereocenters. The van der Waals surface area contributed by atoms with Crippen LogP contribution in [0.25, 0.3) is 0 Å². The van der Waals surface area contributed by atoms with Crippen molar-refractivity contribution < 1.29 is 14.7 Å². The Hall–Kier alpha value is -2.00. The monoisotopic (exact) mass is 380 g/mol. The molecule has 1 aromatic rings. The molecule has 27 heavy (non-hydrogen) atoms. The largest absolute Gasteiger partial charge is 0.483 e. The van der Waals surface area contributed by atoms with Crippen molar-refractivity contribution >= 4 is 12.4 Å². The number of rotatable bonds is 6. The molecule has 2 N–H and O–H groups in total. The maximum Gasteiger partial charge on any atom is 0.290 e. The number of carboxylic acid groups (broad SMARTS) is 1. The number of hydrogen-bond acceptors (Lipinski definition) is 6. The molecule has 0 aromatic carbocycles. The van der Waals surface area contributed by atoms with Gasteiger partial charge in [-0.15, -0.1) is 10.2 Å². The van der Waals surface area contributed by atoms with Gasteiger partial charge < -0.3 is 24.8 Å². The number of amides is 1. The number of hydrogen-bond donors (Lipinski definition) is 2. The predicted molar refractivity (Wildman–Crippen MR) is 101 cm³/mol. The number of nitrogens with one attached hydrogen (secondary N) is 1. The van der Waals surface area contributed by atoms with Gasteiger partial charge in [-0.05, 0) is 19.9 Å². The van der Waals surface area contributed by atoms with E-state index >= 15 is 0 Å². The van der Waals surface area contributed by atoms with E-state index in [4.69, 9.17) is 9.90 Å². The third kappa shape index (κ3) is 7.26. The van der Waals surface area contributed by atoms with Crippen LogP contribution in [0.4, 0.5) is 0 Å². The maximum atomic E-state index is 12.1. The molecule has 1 amide bonds. The van der Waals surface area contributed by atoms with E-state index in [1.54, 1.807) is 0 Å². The van der Waals surface area contributed by atoms with Crippen LogP contribution in [-0.4, -0.2) is 81.8 Å². The smallest absolute Gasteiger partial charge is 0.290 e. The Morgan fingerprint density at radius 3 is 2.59 bits per heavy atom. The third-order valence-electron chi connectivity index (χ3n) is 5.31. The van der Waals surface area contributed by atoms with Crippen LogP contribution >= 0.6 is 0 Å². The fraction of sp³-hybridized carbons (Fsp3) is 0.778. The lowest BCUT2D eigenvalue weighted by molar-refractivity contribution is -0.123. The molecule has 3 rings (SSSR count). The summed E-state index contributed by atoms with van der Waals surface area (Å²) < 4.78 is 2.17. The summed E-state index contributed by atoms with van der Waals surface area (Å²) in [6.07, 6.45) is 8.66. The molecule has 9 nitrogen and oxygen atoms in total. The molecule has 1 aliphatic carbocycles. The van der Waals surface area contributed by atoms with Gasteiger partial charge in [0.05, 0.1) is 6.54 Å². The fourth-order valence-electron chi connectivity index (χ4n) is 3.65. The predicted octanol–water partition coefficient (Wildman–Crippen LogP) is 0.738. The van der Waals surface area contributed by atoms with Crippen LogP contribution in [0.3, 0.4) is 0 Å². The van der Waals surface area contributed by atoms with Gasteiger partial charge in [-0.25, -0.2) is 0 Å². The first-order valence-electron chi connectivity index (χ1n) is 9.78. The second kappa shape index (κ2) is 11.7. The average molecular weight is 380 g/mol. The Balaban J connectivity index is 0.000000817. The van der Waals surface area contributed by atoms with Crippen molar-refractivity contribution in [1.29, 1.82) is 0 Å². The zero-order valence-corrected chi connectivity index (χ0v) is 16.2. The van der Waals surface area contributed by atoms with Gasteiger partial charge in [0, 0.05) is 45.2 Å². The molecule has 0 spiro atoms. The van der Waals surface area contributed by atoms with E-state index in [1.807, 2.05) is 6.33 Å². The summed E-state index contributed by atoms with van der Waals surface area (Å²) in [5.41, 5.74) is 0. The van der Waals surface area contributed by atoms with Gasteiger partial charge in [0.1, 0.15) is 6.33 Å². The van der Waals surface area contributed by atoms with Crippen LogP contribution in [-0.2, 0) is 16.1 Å². The van der Waals surface area contributed by atoms with Crippen molar-refractivity contribution in [3.8, 4) is 0 Å². The minimum atomic E-state index is -0.250. The Morgan fingerprint density at radius 1 is 1.26 bits per heavy atom. The molecule has 9 heteroatoms. The Kier molecular flexibility index (Phi) is 9.20. The second-order valence-corrected chi connectivity index (χ2v) is 7.22. The fourth-order valence-corrected chi connectivity index (χ4v) is 3.65. The first-order valence-corrected chi connectivity index (χ1v) is 9.78. The van der Waals surface area contributed by atoms with E-state index in [-0.39, 0.29) is 12.4 Å². The first kappa shape index (κ1) is 21.3. The van der Waals surface area contributed by atoms with Crippen molar-refractivity contribution in [3.63, 3.8) is 0 Å². The minimum Gasteiger partial charge on any atom is -0.483 e. The van der Waals surface area contributed by atoms with Gasteiger partial charge >= 0.3 is 0 Å². The molecule has 0 bridgehead atoms. The number of carbonyl (C=O) groups is 2. The number of nitrogens with zero attached hydrogens (tertiary/aromatic N) is 5. The molecule has 2 heterocycles. The van der Waals surface area contributed by atoms with Gasteiger partial charge in [-0.2, -0.15) is 0 Å². The lowest BCUT2D eigenvalue weighted by Gasteiger charge is -2.32. The molecule has 1 aliphatic heterocycles. The summed E-state index contributed by atoms with van der Waals surface area (Å²) in [4.78, 5) is 25.2. The van der Waals surface area contributed by atoms with Crippen LogP contribution in [0.15, 0.2) is 6.33 Å². The number of carbonyl (C=O) groups excluding carboxylic acids is 1. The van der Waals surface area contributed by atoms with Crippen molar-refractivity contribution in [2.24, 2.45) is 0 Å². The topological polar surface area (TPSA) is 104 Å². The van der Waals surface area contributed by atoms with Gasteiger partial charge in [-0.3, -0.25) is 9.59 Å². The molecule has 0 radical (unpaired) electrons. The Labute approximate surface area is 160 Å².